The molecule has 0 spiro atoms. The summed E-state index contributed by atoms with van der Waals surface area (Å²) in [5, 5.41) is 11.7. The molecular formula is C20H14Cl2F3N7O. The fourth-order valence-electron chi connectivity index (χ4n) is 3.05. The van der Waals surface area contributed by atoms with Crippen molar-refractivity contribution < 1.29 is 18.0 Å². The van der Waals surface area contributed by atoms with E-state index in [1.54, 1.807) is 42.5 Å². The van der Waals surface area contributed by atoms with Crippen LogP contribution in [0.1, 0.15) is 16.2 Å². The minimum Gasteiger partial charge on any atom is -0.364 e. The fraction of sp³-hybridized carbons (Fsp3) is 0.100. The maximum absolute atomic E-state index is 12.9. The molecule has 0 saturated carbocycles. The lowest BCUT2D eigenvalue weighted by Crippen LogP contribution is -2.14. The van der Waals surface area contributed by atoms with Crippen molar-refractivity contribution in [3.63, 3.8) is 0 Å². The molecule has 170 valence electrons. The molecule has 0 unspecified atom stereocenters. The molecule has 0 radical (unpaired) electrons. The Morgan fingerprint density at radius 3 is 2.24 bits per heavy atom. The third kappa shape index (κ3) is 4.50. The topological polar surface area (TPSA) is 104 Å². The van der Waals surface area contributed by atoms with Gasteiger partial charge < -0.3 is 15.6 Å². The third-order valence-corrected chi connectivity index (χ3v) is 5.17. The molecule has 13 heteroatoms. The Hall–Kier alpha value is -3.57. The van der Waals surface area contributed by atoms with Gasteiger partial charge in [-0.15, -0.1) is 15.0 Å². The number of aryl methyl sites for hydroxylation is 1. The van der Waals surface area contributed by atoms with Gasteiger partial charge in [0, 0.05) is 24.5 Å². The number of nitrogens with two attached hydrogens (primary N) is 1. The molecule has 1 amide bonds. The summed E-state index contributed by atoms with van der Waals surface area (Å²) in [4.78, 5) is 16.6. The van der Waals surface area contributed by atoms with Gasteiger partial charge in [0.25, 0.3) is 5.91 Å². The van der Waals surface area contributed by atoms with Crippen molar-refractivity contribution >= 4 is 40.6 Å². The standard InChI is InChI=1S/C20H14Cl2F3N7O/c1-31-9-14(20(23,24)25)28-19(31)10-5-7-11(8-6-10)27-18-15(17(26)33)29-32(30-18)16-12(21)3-2-4-13(16)22/h2-9H,1H3,(H2,26,33)(H,27,30). The second-order valence-corrected chi connectivity index (χ2v) is 7.70. The zero-order valence-electron chi connectivity index (χ0n) is 16.7. The number of hydrogen-bond acceptors (Lipinski definition) is 5. The second-order valence-electron chi connectivity index (χ2n) is 6.88. The van der Waals surface area contributed by atoms with E-state index in [1.807, 2.05) is 0 Å². The Kier molecular flexibility index (Phi) is 5.76. The van der Waals surface area contributed by atoms with Crippen LogP contribution in [-0.2, 0) is 13.2 Å². The number of primary amides is 1. The number of para-hydroxylation sites is 1. The number of carbonyl (C=O) groups is 1. The van der Waals surface area contributed by atoms with Gasteiger partial charge in [0.15, 0.2) is 17.2 Å². The molecule has 2 aromatic heterocycles. The van der Waals surface area contributed by atoms with Crippen molar-refractivity contribution in [1.29, 1.82) is 0 Å². The van der Waals surface area contributed by atoms with E-state index >= 15 is 0 Å². The zero-order valence-corrected chi connectivity index (χ0v) is 18.2. The van der Waals surface area contributed by atoms with Crippen molar-refractivity contribution in [2.45, 2.75) is 6.18 Å². The maximum atomic E-state index is 12.9. The molecule has 0 bridgehead atoms. The number of rotatable bonds is 5. The number of anilines is 2. The summed E-state index contributed by atoms with van der Waals surface area (Å²) in [6.07, 6.45) is -3.63. The van der Waals surface area contributed by atoms with Crippen LogP contribution in [0.25, 0.3) is 17.1 Å². The zero-order chi connectivity index (χ0) is 23.9. The predicted molar refractivity (Wildman–Crippen MR) is 117 cm³/mol. The summed E-state index contributed by atoms with van der Waals surface area (Å²) in [6, 6.07) is 11.1. The van der Waals surface area contributed by atoms with Crippen LogP contribution in [0, 0.1) is 0 Å². The Morgan fingerprint density at radius 1 is 1.06 bits per heavy atom. The van der Waals surface area contributed by atoms with E-state index < -0.39 is 17.8 Å². The van der Waals surface area contributed by atoms with Crippen LogP contribution in [0.3, 0.4) is 0 Å². The van der Waals surface area contributed by atoms with Gasteiger partial charge >= 0.3 is 6.18 Å². The SMILES string of the molecule is Cn1cc(C(F)(F)F)nc1-c1ccc(Nc2nn(-c3c(Cl)cccc3Cl)nc2C(N)=O)cc1. The van der Waals surface area contributed by atoms with Crippen LogP contribution in [-0.4, -0.2) is 30.5 Å². The predicted octanol–water partition coefficient (Wildman–Crippen LogP) is 4.84. The molecule has 33 heavy (non-hydrogen) atoms. The highest BCUT2D eigenvalue weighted by atomic mass is 35.5. The fourth-order valence-corrected chi connectivity index (χ4v) is 3.60. The highest BCUT2D eigenvalue weighted by Gasteiger charge is 2.34. The van der Waals surface area contributed by atoms with Gasteiger partial charge in [0.2, 0.25) is 0 Å². The summed E-state index contributed by atoms with van der Waals surface area (Å²) >= 11 is 12.4. The van der Waals surface area contributed by atoms with Crippen LogP contribution in [0.5, 0.6) is 0 Å². The van der Waals surface area contributed by atoms with E-state index in [9.17, 15) is 18.0 Å². The molecule has 8 nitrogen and oxygen atoms in total. The van der Waals surface area contributed by atoms with Gasteiger partial charge in [-0.05, 0) is 36.4 Å². The summed E-state index contributed by atoms with van der Waals surface area (Å²) in [6.45, 7) is 0. The Balaban J connectivity index is 1.64. The van der Waals surface area contributed by atoms with Gasteiger partial charge in [-0.25, -0.2) is 4.98 Å². The summed E-state index contributed by atoms with van der Waals surface area (Å²) in [5.74, 6) is -0.648. The Bertz CT molecular complexity index is 1330. The largest absolute Gasteiger partial charge is 0.434 e. The molecule has 0 atom stereocenters. The van der Waals surface area contributed by atoms with Crippen molar-refractivity contribution in [2.75, 3.05) is 5.32 Å². The molecule has 2 aromatic carbocycles. The third-order valence-electron chi connectivity index (χ3n) is 4.56. The van der Waals surface area contributed by atoms with E-state index in [-0.39, 0.29) is 33.1 Å². The first kappa shape index (κ1) is 22.6. The monoisotopic (exact) mass is 495 g/mol. The van der Waals surface area contributed by atoms with E-state index in [2.05, 4.69) is 20.5 Å². The highest BCUT2D eigenvalue weighted by Crippen LogP contribution is 2.32. The van der Waals surface area contributed by atoms with Gasteiger partial charge in [-0.1, -0.05) is 29.3 Å². The number of nitrogens with zero attached hydrogens (tertiary/aromatic N) is 5. The summed E-state index contributed by atoms with van der Waals surface area (Å²) in [5.41, 5.74) is 5.48. The van der Waals surface area contributed by atoms with Gasteiger partial charge in [0.1, 0.15) is 11.5 Å². The number of hydrogen-bond donors (Lipinski definition) is 2. The first-order valence-electron chi connectivity index (χ1n) is 9.24. The normalized spacial score (nSPS) is 11.6. The first-order chi connectivity index (χ1) is 15.5. The molecule has 3 N–H and O–H groups in total. The molecule has 0 aliphatic carbocycles. The molecule has 4 aromatic rings. The summed E-state index contributed by atoms with van der Waals surface area (Å²) < 4.78 is 40.1. The number of carbonyl (C=O) groups excluding carboxylic acids is 1. The maximum Gasteiger partial charge on any atom is 0.434 e. The molecule has 4 rings (SSSR count). The van der Waals surface area contributed by atoms with E-state index in [0.717, 1.165) is 11.0 Å². The van der Waals surface area contributed by atoms with E-state index in [0.29, 0.717) is 11.3 Å². The van der Waals surface area contributed by atoms with Crippen molar-refractivity contribution in [2.24, 2.45) is 12.8 Å². The minimum absolute atomic E-state index is 0.0441. The highest BCUT2D eigenvalue weighted by molar-refractivity contribution is 6.37. The van der Waals surface area contributed by atoms with Crippen LogP contribution in [0.4, 0.5) is 24.7 Å². The quantitative estimate of drug-likeness (QED) is 0.412. The lowest BCUT2D eigenvalue weighted by atomic mass is 10.2. The van der Waals surface area contributed by atoms with Gasteiger partial charge in [0.05, 0.1) is 10.0 Å². The Morgan fingerprint density at radius 2 is 1.70 bits per heavy atom. The number of benzene rings is 2. The smallest absolute Gasteiger partial charge is 0.364 e. The van der Waals surface area contributed by atoms with Crippen LogP contribution in [0.2, 0.25) is 10.0 Å². The number of nitrogens with one attached hydrogen (secondary N) is 1. The number of aromatic nitrogens is 5. The molecule has 0 fully saturated rings. The van der Waals surface area contributed by atoms with Crippen molar-refractivity contribution in [3.05, 3.63) is 70.1 Å². The summed E-state index contributed by atoms with van der Waals surface area (Å²) in [7, 11) is 1.47. The van der Waals surface area contributed by atoms with Crippen molar-refractivity contribution in [3.8, 4) is 17.1 Å². The Labute approximate surface area is 194 Å². The van der Waals surface area contributed by atoms with Crippen LogP contribution < -0.4 is 11.1 Å². The van der Waals surface area contributed by atoms with Gasteiger partial charge in [-0.2, -0.15) is 13.2 Å². The number of halogens is 5. The number of amides is 1. The lowest BCUT2D eigenvalue weighted by molar-refractivity contribution is -0.140. The van der Waals surface area contributed by atoms with Gasteiger partial charge in [-0.3, -0.25) is 4.79 Å². The average Bonchev–Trinajstić information content (AvgIpc) is 3.32. The molecule has 0 aliphatic rings. The number of imidazole rings is 1. The van der Waals surface area contributed by atoms with Crippen LogP contribution in [0.15, 0.2) is 48.7 Å². The molecular weight excluding hydrogens is 482 g/mol. The van der Waals surface area contributed by atoms with E-state index in [1.165, 1.54) is 11.6 Å². The minimum atomic E-state index is -4.54. The second kappa shape index (κ2) is 8.41. The van der Waals surface area contributed by atoms with Crippen molar-refractivity contribution in [1.82, 2.24) is 24.5 Å². The van der Waals surface area contributed by atoms with E-state index in [4.69, 9.17) is 28.9 Å². The molecule has 0 saturated heterocycles. The first-order valence-corrected chi connectivity index (χ1v) is 9.99. The molecule has 2 heterocycles. The molecule has 0 aliphatic heterocycles. The number of alkyl halides is 3. The average molecular weight is 496 g/mol. The van der Waals surface area contributed by atoms with Crippen LogP contribution >= 0.6 is 23.2 Å². The lowest BCUT2D eigenvalue weighted by Gasteiger charge is -2.06.